The van der Waals surface area contributed by atoms with Gasteiger partial charge < -0.3 is 4.52 Å². The molecule has 0 fully saturated rings. The third kappa shape index (κ3) is 4.39. The lowest BCUT2D eigenvalue weighted by atomic mass is 10.1. The van der Waals surface area contributed by atoms with Gasteiger partial charge in [0.2, 0.25) is 5.82 Å². The molecule has 0 bridgehead atoms. The Morgan fingerprint density at radius 2 is 1.71 bits per heavy atom. The van der Waals surface area contributed by atoms with Gasteiger partial charge in [-0.3, -0.25) is 9.52 Å². The molecule has 0 unspecified atom stereocenters. The zero-order valence-electron chi connectivity index (χ0n) is 16.9. The monoisotopic (exact) mass is 433 g/mol. The van der Waals surface area contributed by atoms with Crippen molar-refractivity contribution in [1.82, 2.24) is 10.1 Å². The normalized spacial score (nSPS) is 11.3. The Morgan fingerprint density at radius 3 is 2.45 bits per heavy atom. The van der Waals surface area contributed by atoms with E-state index in [1.54, 1.807) is 36.4 Å². The molecule has 1 heterocycles. The van der Waals surface area contributed by atoms with Crippen LogP contribution in [0.2, 0.25) is 0 Å². The average Bonchev–Trinajstić information content (AvgIpc) is 3.24. The fourth-order valence-electron chi connectivity index (χ4n) is 3.04. The number of sulfonamides is 1. The van der Waals surface area contributed by atoms with Gasteiger partial charge in [-0.25, -0.2) is 8.42 Å². The molecular weight excluding hydrogens is 414 g/mol. The van der Waals surface area contributed by atoms with Crippen molar-refractivity contribution >= 4 is 21.5 Å². The molecule has 4 rings (SSSR count). The molecule has 156 valence electrons. The Hall–Kier alpha value is -3.78. The van der Waals surface area contributed by atoms with E-state index in [1.165, 1.54) is 19.1 Å². The molecular formula is C23H19N3O4S. The fourth-order valence-corrected chi connectivity index (χ4v) is 4.29. The molecule has 0 aliphatic carbocycles. The Labute approximate surface area is 179 Å². The first-order valence-corrected chi connectivity index (χ1v) is 11.0. The molecule has 0 saturated carbocycles. The van der Waals surface area contributed by atoms with Crippen LogP contribution in [0.1, 0.15) is 22.8 Å². The van der Waals surface area contributed by atoms with Crippen LogP contribution in [0, 0.1) is 6.92 Å². The molecule has 1 aromatic heterocycles. The summed E-state index contributed by atoms with van der Waals surface area (Å²) in [7, 11) is -3.98. The first-order valence-electron chi connectivity index (χ1n) is 9.47. The topological polar surface area (TPSA) is 102 Å². The van der Waals surface area contributed by atoms with Crippen LogP contribution in [0.15, 0.2) is 82.2 Å². The highest BCUT2D eigenvalue weighted by Crippen LogP contribution is 2.29. The van der Waals surface area contributed by atoms with Crippen molar-refractivity contribution in [2.24, 2.45) is 0 Å². The number of carbonyl (C=O) groups excluding carboxylic acids is 1. The Morgan fingerprint density at radius 1 is 0.968 bits per heavy atom. The standard InChI is InChI=1S/C23H19N3O4S/c1-15-10-12-17(13-11-15)22-24-23(30-25-22)20-8-3-4-9-21(20)31(28,29)26-19-7-5-6-18(14-19)16(2)27/h3-14,26H,1-2H3. The number of ketones is 1. The number of nitrogens with zero attached hydrogens (tertiary/aromatic N) is 2. The van der Waals surface area contributed by atoms with Gasteiger partial charge >= 0.3 is 0 Å². The molecule has 31 heavy (non-hydrogen) atoms. The first-order chi connectivity index (χ1) is 14.8. The Balaban J connectivity index is 1.69. The van der Waals surface area contributed by atoms with Gasteiger partial charge in [0.15, 0.2) is 5.78 Å². The highest BCUT2D eigenvalue weighted by atomic mass is 32.2. The summed E-state index contributed by atoms with van der Waals surface area (Å²) in [6.07, 6.45) is 0. The van der Waals surface area contributed by atoms with Gasteiger partial charge in [-0.05, 0) is 38.1 Å². The maximum atomic E-state index is 13.1. The largest absolute Gasteiger partial charge is 0.334 e. The van der Waals surface area contributed by atoms with Gasteiger partial charge in [0.05, 0.1) is 5.56 Å². The van der Waals surface area contributed by atoms with Crippen molar-refractivity contribution in [1.29, 1.82) is 0 Å². The van der Waals surface area contributed by atoms with Crippen LogP contribution in [0.25, 0.3) is 22.8 Å². The molecule has 0 saturated heterocycles. The number of benzene rings is 3. The summed E-state index contributed by atoms with van der Waals surface area (Å²) in [5, 5.41) is 3.99. The summed E-state index contributed by atoms with van der Waals surface area (Å²) in [5.74, 6) is 0.300. The minimum atomic E-state index is -3.98. The van der Waals surface area contributed by atoms with E-state index in [2.05, 4.69) is 14.9 Å². The van der Waals surface area contributed by atoms with Crippen LogP contribution >= 0.6 is 0 Å². The van der Waals surface area contributed by atoms with Crippen molar-refractivity contribution in [2.75, 3.05) is 4.72 Å². The number of Topliss-reactive ketones (excluding diaryl/α,β-unsaturated/α-hetero) is 1. The smallest absolute Gasteiger partial charge is 0.262 e. The van der Waals surface area contributed by atoms with Crippen molar-refractivity contribution in [3.8, 4) is 22.8 Å². The van der Waals surface area contributed by atoms with E-state index in [0.717, 1.165) is 11.1 Å². The number of carbonyl (C=O) groups is 1. The molecule has 7 nitrogen and oxygen atoms in total. The molecule has 1 N–H and O–H groups in total. The minimum Gasteiger partial charge on any atom is -0.334 e. The maximum Gasteiger partial charge on any atom is 0.262 e. The van der Waals surface area contributed by atoms with Gasteiger partial charge in [-0.2, -0.15) is 4.98 Å². The van der Waals surface area contributed by atoms with Crippen molar-refractivity contribution < 1.29 is 17.7 Å². The molecule has 0 amide bonds. The lowest BCUT2D eigenvalue weighted by molar-refractivity contribution is 0.101. The van der Waals surface area contributed by atoms with Crippen LogP contribution in [0.3, 0.4) is 0 Å². The highest BCUT2D eigenvalue weighted by Gasteiger charge is 2.23. The number of rotatable bonds is 6. The summed E-state index contributed by atoms with van der Waals surface area (Å²) >= 11 is 0. The fraction of sp³-hybridized carbons (Fsp3) is 0.0870. The van der Waals surface area contributed by atoms with Crippen LogP contribution in [0.5, 0.6) is 0 Å². The Kier molecular flexibility index (Phi) is 5.39. The second-order valence-electron chi connectivity index (χ2n) is 7.03. The van der Waals surface area contributed by atoms with Gasteiger partial charge in [-0.1, -0.05) is 59.3 Å². The van der Waals surface area contributed by atoms with Crippen LogP contribution in [-0.2, 0) is 10.0 Å². The van der Waals surface area contributed by atoms with Crippen molar-refractivity contribution in [3.63, 3.8) is 0 Å². The van der Waals surface area contributed by atoms with E-state index in [4.69, 9.17) is 4.52 Å². The lowest BCUT2D eigenvalue weighted by Gasteiger charge is -2.11. The number of anilines is 1. The van der Waals surface area contributed by atoms with E-state index in [1.807, 2.05) is 31.2 Å². The number of hydrogen-bond acceptors (Lipinski definition) is 6. The molecule has 0 radical (unpaired) electrons. The van der Waals surface area contributed by atoms with Gasteiger partial charge in [0.1, 0.15) is 4.90 Å². The quantitative estimate of drug-likeness (QED) is 0.442. The number of hydrogen-bond donors (Lipinski definition) is 1. The van der Waals surface area contributed by atoms with E-state index in [9.17, 15) is 13.2 Å². The molecule has 0 aliphatic heterocycles. The summed E-state index contributed by atoms with van der Waals surface area (Å²) < 4.78 is 34.1. The Bertz CT molecular complexity index is 1360. The predicted molar refractivity (Wildman–Crippen MR) is 117 cm³/mol. The van der Waals surface area contributed by atoms with Crippen molar-refractivity contribution in [2.45, 2.75) is 18.7 Å². The van der Waals surface area contributed by atoms with E-state index in [-0.39, 0.29) is 27.8 Å². The third-order valence-electron chi connectivity index (χ3n) is 4.66. The SMILES string of the molecule is CC(=O)c1cccc(NS(=O)(=O)c2ccccc2-c2nc(-c3ccc(C)cc3)no2)c1. The molecule has 0 spiro atoms. The number of nitrogens with one attached hydrogen (secondary N) is 1. The highest BCUT2D eigenvalue weighted by molar-refractivity contribution is 7.92. The zero-order valence-corrected chi connectivity index (χ0v) is 17.7. The second-order valence-corrected chi connectivity index (χ2v) is 8.68. The maximum absolute atomic E-state index is 13.1. The molecule has 3 aromatic carbocycles. The second kappa shape index (κ2) is 8.16. The number of aromatic nitrogens is 2. The molecule has 4 aromatic rings. The summed E-state index contributed by atoms with van der Waals surface area (Å²) in [4.78, 5) is 16.0. The van der Waals surface area contributed by atoms with Crippen LogP contribution in [0.4, 0.5) is 5.69 Å². The average molecular weight is 433 g/mol. The van der Waals surface area contributed by atoms with Crippen molar-refractivity contribution in [3.05, 3.63) is 83.9 Å². The van der Waals surface area contributed by atoms with Gasteiger partial charge in [0.25, 0.3) is 15.9 Å². The first kappa shape index (κ1) is 20.5. The van der Waals surface area contributed by atoms with E-state index < -0.39 is 10.0 Å². The summed E-state index contributed by atoms with van der Waals surface area (Å²) in [6.45, 7) is 3.40. The van der Waals surface area contributed by atoms with Crippen LogP contribution < -0.4 is 4.72 Å². The minimum absolute atomic E-state index is 0.0117. The predicted octanol–water partition coefficient (Wildman–Crippen LogP) is 4.72. The third-order valence-corrected chi connectivity index (χ3v) is 6.10. The molecule has 0 aliphatic rings. The molecule has 0 atom stereocenters. The van der Waals surface area contributed by atoms with E-state index in [0.29, 0.717) is 11.4 Å². The summed E-state index contributed by atoms with van der Waals surface area (Å²) in [5.41, 5.74) is 2.84. The van der Waals surface area contributed by atoms with Crippen LogP contribution in [-0.4, -0.2) is 24.3 Å². The molecule has 8 heteroatoms. The van der Waals surface area contributed by atoms with Gasteiger partial charge in [0, 0.05) is 16.8 Å². The van der Waals surface area contributed by atoms with Gasteiger partial charge in [-0.15, -0.1) is 0 Å². The lowest BCUT2D eigenvalue weighted by Crippen LogP contribution is -2.14. The summed E-state index contributed by atoms with van der Waals surface area (Å²) in [6, 6.07) is 20.3. The number of aryl methyl sites for hydroxylation is 1. The zero-order chi connectivity index (χ0) is 22.0. The van der Waals surface area contributed by atoms with E-state index >= 15 is 0 Å².